The van der Waals surface area contributed by atoms with Crippen LogP contribution in [0.4, 0.5) is 5.69 Å². The van der Waals surface area contributed by atoms with Crippen molar-refractivity contribution in [2.24, 2.45) is 0 Å². The van der Waals surface area contributed by atoms with E-state index >= 15 is 0 Å². The third-order valence-electron chi connectivity index (χ3n) is 5.54. The van der Waals surface area contributed by atoms with Crippen LogP contribution in [0.5, 0.6) is 0 Å². The van der Waals surface area contributed by atoms with Crippen LogP contribution in [0, 0.1) is 0 Å². The molecular formula is C23H24N6OS2. The minimum absolute atomic E-state index is 0.0655. The molecule has 0 bridgehead atoms. The van der Waals surface area contributed by atoms with E-state index in [0.717, 1.165) is 52.4 Å². The fourth-order valence-corrected chi connectivity index (χ4v) is 5.48. The number of rotatable bonds is 7. The molecule has 4 aromatic rings. The average molecular weight is 465 g/mol. The zero-order valence-corrected chi connectivity index (χ0v) is 19.5. The van der Waals surface area contributed by atoms with Gasteiger partial charge in [0, 0.05) is 36.2 Å². The molecule has 7 nitrogen and oxygen atoms in total. The maximum atomic E-state index is 12.5. The lowest BCUT2D eigenvalue weighted by atomic mass is 10.1. The molecule has 3 aromatic heterocycles. The van der Waals surface area contributed by atoms with Gasteiger partial charge in [-0.1, -0.05) is 17.8 Å². The molecule has 32 heavy (non-hydrogen) atoms. The van der Waals surface area contributed by atoms with Crippen LogP contribution in [0.3, 0.4) is 0 Å². The molecule has 1 aliphatic heterocycles. The average Bonchev–Trinajstić information content (AvgIpc) is 3.57. The fraction of sp³-hybridized carbons (Fsp3) is 0.304. The van der Waals surface area contributed by atoms with Gasteiger partial charge >= 0.3 is 0 Å². The first kappa shape index (κ1) is 21.0. The predicted octanol–water partition coefficient (Wildman–Crippen LogP) is 4.96. The SMILES string of the molecule is CCn1c(SCC(=O)Nc2ccc(-c3ncc4n3CCCC4)cc2)nnc1-c1cccs1. The first-order valence-electron chi connectivity index (χ1n) is 10.8. The third kappa shape index (κ3) is 4.22. The van der Waals surface area contributed by atoms with Crippen molar-refractivity contribution in [1.29, 1.82) is 0 Å². The number of anilines is 1. The quantitative estimate of drug-likeness (QED) is 0.391. The number of nitrogens with one attached hydrogen (secondary N) is 1. The van der Waals surface area contributed by atoms with Crippen LogP contribution in [-0.4, -0.2) is 36.0 Å². The van der Waals surface area contributed by atoms with Crippen molar-refractivity contribution in [3.8, 4) is 22.1 Å². The van der Waals surface area contributed by atoms with Gasteiger partial charge in [0.05, 0.1) is 10.6 Å². The summed E-state index contributed by atoms with van der Waals surface area (Å²) in [6, 6.07) is 12.0. The van der Waals surface area contributed by atoms with Gasteiger partial charge in [-0.25, -0.2) is 4.98 Å². The number of aryl methyl sites for hydroxylation is 1. The van der Waals surface area contributed by atoms with Crippen molar-refractivity contribution in [2.75, 3.05) is 11.1 Å². The van der Waals surface area contributed by atoms with Gasteiger partial charge in [-0.15, -0.1) is 21.5 Å². The zero-order chi connectivity index (χ0) is 21.9. The van der Waals surface area contributed by atoms with E-state index in [0.29, 0.717) is 0 Å². The van der Waals surface area contributed by atoms with Crippen LogP contribution in [0.1, 0.15) is 25.5 Å². The molecular weight excluding hydrogens is 440 g/mol. The predicted molar refractivity (Wildman–Crippen MR) is 129 cm³/mol. The molecule has 1 N–H and O–H groups in total. The van der Waals surface area contributed by atoms with Crippen molar-refractivity contribution >= 4 is 34.7 Å². The lowest BCUT2D eigenvalue weighted by Crippen LogP contribution is -2.14. The monoisotopic (exact) mass is 464 g/mol. The highest BCUT2D eigenvalue weighted by Crippen LogP contribution is 2.28. The number of hydrogen-bond acceptors (Lipinski definition) is 6. The van der Waals surface area contributed by atoms with Crippen LogP contribution in [0.15, 0.2) is 53.1 Å². The Bertz CT molecular complexity index is 1210. The normalized spacial score (nSPS) is 13.2. The van der Waals surface area contributed by atoms with Gasteiger partial charge in [-0.2, -0.15) is 0 Å². The third-order valence-corrected chi connectivity index (χ3v) is 7.37. The van der Waals surface area contributed by atoms with E-state index in [1.54, 1.807) is 11.3 Å². The molecule has 0 saturated carbocycles. The molecule has 1 aliphatic rings. The maximum absolute atomic E-state index is 12.5. The van der Waals surface area contributed by atoms with Gasteiger partial charge in [0.1, 0.15) is 5.82 Å². The molecule has 1 aromatic carbocycles. The lowest BCUT2D eigenvalue weighted by Gasteiger charge is -2.16. The highest BCUT2D eigenvalue weighted by molar-refractivity contribution is 7.99. The van der Waals surface area contributed by atoms with E-state index < -0.39 is 0 Å². The molecule has 0 fully saturated rings. The van der Waals surface area contributed by atoms with Gasteiger partial charge in [-0.05, 0) is 61.9 Å². The first-order chi connectivity index (χ1) is 15.7. The number of imidazole rings is 1. The fourth-order valence-electron chi connectivity index (χ4n) is 3.96. The summed E-state index contributed by atoms with van der Waals surface area (Å²) in [4.78, 5) is 18.2. The number of nitrogens with zero attached hydrogens (tertiary/aromatic N) is 5. The summed E-state index contributed by atoms with van der Waals surface area (Å²) in [7, 11) is 0. The van der Waals surface area contributed by atoms with Crippen LogP contribution in [-0.2, 0) is 24.3 Å². The van der Waals surface area contributed by atoms with E-state index in [9.17, 15) is 4.79 Å². The number of aromatic nitrogens is 5. The summed E-state index contributed by atoms with van der Waals surface area (Å²) >= 11 is 3.04. The number of carbonyl (C=O) groups is 1. The molecule has 9 heteroatoms. The Labute approximate surface area is 194 Å². The topological polar surface area (TPSA) is 77.6 Å². The summed E-state index contributed by atoms with van der Waals surface area (Å²) < 4.78 is 4.35. The van der Waals surface area contributed by atoms with Gasteiger partial charge in [0.15, 0.2) is 11.0 Å². The van der Waals surface area contributed by atoms with E-state index in [1.165, 1.54) is 30.3 Å². The molecule has 0 atom stereocenters. The largest absolute Gasteiger partial charge is 0.328 e. The number of thioether (sulfide) groups is 1. The second kappa shape index (κ2) is 9.30. The van der Waals surface area contributed by atoms with Crippen molar-refractivity contribution < 1.29 is 4.79 Å². The van der Waals surface area contributed by atoms with E-state index in [-0.39, 0.29) is 11.7 Å². The molecule has 0 aliphatic carbocycles. The number of benzene rings is 1. The number of hydrogen-bond donors (Lipinski definition) is 1. The van der Waals surface area contributed by atoms with Crippen molar-refractivity contribution in [2.45, 2.75) is 44.4 Å². The Morgan fingerprint density at radius 3 is 2.81 bits per heavy atom. The maximum Gasteiger partial charge on any atom is 0.234 e. The summed E-state index contributed by atoms with van der Waals surface area (Å²) in [5, 5.41) is 14.4. The molecule has 4 heterocycles. The summed E-state index contributed by atoms with van der Waals surface area (Å²) in [5.41, 5.74) is 3.16. The molecule has 0 radical (unpaired) electrons. The second-order valence-electron chi connectivity index (χ2n) is 7.62. The minimum atomic E-state index is -0.0655. The van der Waals surface area contributed by atoms with Gasteiger partial charge in [-0.3, -0.25) is 4.79 Å². The standard InChI is InChI=1S/C23H24N6OS2/c1-2-28-22(19-7-5-13-31-19)26-27-23(28)32-15-20(30)25-17-10-8-16(9-11-17)21-24-14-18-6-3-4-12-29(18)21/h5,7-11,13-14H,2-4,6,12,15H2,1H3,(H,25,30). The Hall–Kier alpha value is -2.91. The molecule has 0 spiro atoms. The van der Waals surface area contributed by atoms with Crippen molar-refractivity contribution in [3.05, 3.63) is 53.7 Å². The van der Waals surface area contributed by atoms with Crippen LogP contribution >= 0.6 is 23.1 Å². The van der Waals surface area contributed by atoms with Gasteiger partial charge in [0.2, 0.25) is 5.91 Å². The second-order valence-corrected chi connectivity index (χ2v) is 9.51. The number of fused-ring (bicyclic) bond motifs is 1. The lowest BCUT2D eigenvalue weighted by molar-refractivity contribution is -0.113. The summed E-state index contributed by atoms with van der Waals surface area (Å²) in [5.74, 6) is 2.07. The van der Waals surface area contributed by atoms with E-state index in [1.807, 2.05) is 52.5 Å². The van der Waals surface area contributed by atoms with Crippen molar-refractivity contribution in [3.63, 3.8) is 0 Å². The number of carbonyl (C=O) groups excluding carboxylic acids is 1. The number of thiophene rings is 1. The van der Waals surface area contributed by atoms with Crippen LogP contribution in [0.2, 0.25) is 0 Å². The molecule has 0 saturated heterocycles. The van der Waals surface area contributed by atoms with E-state index in [2.05, 4.69) is 32.0 Å². The minimum Gasteiger partial charge on any atom is -0.328 e. The van der Waals surface area contributed by atoms with Crippen molar-refractivity contribution in [1.82, 2.24) is 24.3 Å². The smallest absolute Gasteiger partial charge is 0.234 e. The Morgan fingerprint density at radius 1 is 1.16 bits per heavy atom. The first-order valence-corrected chi connectivity index (χ1v) is 12.6. The molecule has 1 amide bonds. The Kier molecular flexibility index (Phi) is 6.09. The molecule has 164 valence electrons. The van der Waals surface area contributed by atoms with Gasteiger partial charge < -0.3 is 14.5 Å². The zero-order valence-electron chi connectivity index (χ0n) is 17.8. The summed E-state index contributed by atoms with van der Waals surface area (Å²) in [6.45, 7) is 3.84. The van der Waals surface area contributed by atoms with Crippen LogP contribution < -0.4 is 5.32 Å². The highest BCUT2D eigenvalue weighted by atomic mass is 32.2. The molecule has 5 rings (SSSR count). The molecule has 0 unspecified atom stereocenters. The highest BCUT2D eigenvalue weighted by Gasteiger charge is 2.17. The number of amides is 1. The van der Waals surface area contributed by atoms with E-state index in [4.69, 9.17) is 0 Å². The van der Waals surface area contributed by atoms with Gasteiger partial charge in [0.25, 0.3) is 0 Å². The summed E-state index contributed by atoms with van der Waals surface area (Å²) in [6.07, 6.45) is 5.51. The Morgan fingerprint density at radius 2 is 2.03 bits per heavy atom. The van der Waals surface area contributed by atoms with Crippen LogP contribution in [0.25, 0.3) is 22.1 Å². The Balaban J connectivity index is 1.21.